The lowest BCUT2D eigenvalue weighted by atomic mass is 10.1. The molecule has 0 aliphatic carbocycles. The molecule has 0 aromatic heterocycles. The zero-order valence-electron chi connectivity index (χ0n) is 12.8. The lowest BCUT2D eigenvalue weighted by Gasteiger charge is -2.23. The van der Waals surface area contributed by atoms with Crippen LogP contribution in [0.1, 0.15) is 18.1 Å². The van der Waals surface area contributed by atoms with Crippen LogP contribution in [0.5, 0.6) is 0 Å². The number of hydrogen-bond donors (Lipinski definition) is 1. The van der Waals surface area contributed by atoms with E-state index in [1.165, 1.54) is 5.56 Å². The Morgan fingerprint density at radius 3 is 2.82 bits per heavy atom. The average Bonchev–Trinajstić information content (AvgIpc) is 2.94. The molecule has 2 aromatic rings. The van der Waals surface area contributed by atoms with Gasteiger partial charge in [-0.15, -0.1) is 0 Å². The molecule has 0 bridgehead atoms. The van der Waals surface area contributed by atoms with Gasteiger partial charge in [-0.3, -0.25) is 4.79 Å². The average molecular weight is 315 g/mol. The maximum Gasteiger partial charge on any atom is 0.249 e. The summed E-state index contributed by atoms with van der Waals surface area (Å²) in [6.45, 7) is 4.59. The van der Waals surface area contributed by atoms with E-state index in [4.69, 9.17) is 11.6 Å². The number of nitrogens with zero attached hydrogens (tertiary/aromatic N) is 1. The molecule has 0 spiro atoms. The van der Waals surface area contributed by atoms with Crippen molar-refractivity contribution in [2.24, 2.45) is 0 Å². The maximum absolute atomic E-state index is 12.7. The van der Waals surface area contributed by atoms with Gasteiger partial charge in [-0.05, 0) is 49.6 Å². The summed E-state index contributed by atoms with van der Waals surface area (Å²) in [5.41, 5.74) is 4.16. The van der Waals surface area contributed by atoms with E-state index < -0.39 is 0 Å². The van der Waals surface area contributed by atoms with Crippen LogP contribution in [0.25, 0.3) is 0 Å². The minimum atomic E-state index is -0.301. The SMILES string of the molecule is Cc1ccc(N[C@H](C)C(=O)N2CCc3ccccc32)cc1Cl. The number of anilines is 2. The Labute approximate surface area is 135 Å². The van der Waals surface area contributed by atoms with Gasteiger partial charge >= 0.3 is 0 Å². The van der Waals surface area contributed by atoms with Gasteiger partial charge in [0.2, 0.25) is 5.91 Å². The largest absolute Gasteiger partial charge is 0.374 e. The molecule has 4 heteroatoms. The summed E-state index contributed by atoms with van der Waals surface area (Å²) in [4.78, 5) is 14.6. The second-order valence-corrected chi connectivity index (χ2v) is 6.11. The van der Waals surface area contributed by atoms with Gasteiger partial charge in [0.15, 0.2) is 0 Å². The van der Waals surface area contributed by atoms with Crippen molar-refractivity contribution in [3.63, 3.8) is 0 Å². The highest BCUT2D eigenvalue weighted by Crippen LogP contribution is 2.28. The highest BCUT2D eigenvalue weighted by atomic mass is 35.5. The summed E-state index contributed by atoms with van der Waals surface area (Å²) >= 11 is 6.14. The Morgan fingerprint density at radius 1 is 1.27 bits per heavy atom. The Morgan fingerprint density at radius 2 is 2.05 bits per heavy atom. The molecule has 3 nitrogen and oxygen atoms in total. The van der Waals surface area contributed by atoms with Crippen LogP contribution in [0.4, 0.5) is 11.4 Å². The smallest absolute Gasteiger partial charge is 0.249 e. The number of aryl methyl sites for hydroxylation is 1. The maximum atomic E-state index is 12.7. The zero-order valence-corrected chi connectivity index (χ0v) is 13.5. The lowest BCUT2D eigenvalue weighted by molar-refractivity contribution is -0.118. The summed E-state index contributed by atoms with van der Waals surface area (Å²) in [5, 5.41) is 3.95. The Kier molecular flexibility index (Phi) is 4.08. The molecule has 1 amide bonds. The summed E-state index contributed by atoms with van der Waals surface area (Å²) in [6, 6.07) is 13.5. The van der Waals surface area contributed by atoms with Crippen molar-refractivity contribution in [2.75, 3.05) is 16.8 Å². The van der Waals surface area contributed by atoms with E-state index in [-0.39, 0.29) is 11.9 Å². The molecule has 3 rings (SSSR count). The molecule has 1 aliphatic heterocycles. The summed E-state index contributed by atoms with van der Waals surface area (Å²) in [7, 11) is 0. The molecule has 0 unspecified atom stereocenters. The van der Waals surface area contributed by atoms with Gasteiger partial charge in [-0.25, -0.2) is 0 Å². The fourth-order valence-electron chi connectivity index (χ4n) is 2.80. The van der Waals surface area contributed by atoms with Crippen molar-refractivity contribution in [1.82, 2.24) is 0 Å². The van der Waals surface area contributed by atoms with E-state index in [1.54, 1.807) is 0 Å². The number of hydrogen-bond acceptors (Lipinski definition) is 2. The predicted octanol–water partition coefficient (Wildman–Crippen LogP) is 4.04. The van der Waals surface area contributed by atoms with E-state index >= 15 is 0 Å². The molecular weight excluding hydrogens is 296 g/mol. The quantitative estimate of drug-likeness (QED) is 0.927. The van der Waals surface area contributed by atoms with Crippen LogP contribution in [0.15, 0.2) is 42.5 Å². The number of rotatable bonds is 3. The normalized spacial score (nSPS) is 14.6. The minimum Gasteiger partial charge on any atom is -0.374 e. The van der Waals surface area contributed by atoms with Gasteiger partial charge < -0.3 is 10.2 Å². The topological polar surface area (TPSA) is 32.3 Å². The molecule has 0 saturated carbocycles. The number of carbonyl (C=O) groups is 1. The van der Waals surface area contributed by atoms with Crippen LogP contribution in [-0.2, 0) is 11.2 Å². The number of amides is 1. The monoisotopic (exact) mass is 314 g/mol. The number of nitrogens with one attached hydrogen (secondary N) is 1. The third-order valence-corrected chi connectivity index (χ3v) is 4.49. The molecule has 1 heterocycles. The van der Waals surface area contributed by atoms with Crippen LogP contribution in [0.2, 0.25) is 5.02 Å². The summed E-state index contributed by atoms with van der Waals surface area (Å²) in [5.74, 6) is 0.0849. The van der Waals surface area contributed by atoms with Gasteiger partial charge in [0, 0.05) is 22.9 Å². The Bertz CT molecular complexity index is 714. The Hall–Kier alpha value is -2.00. The fourth-order valence-corrected chi connectivity index (χ4v) is 2.98. The molecule has 1 N–H and O–H groups in total. The summed E-state index contributed by atoms with van der Waals surface area (Å²) in [6.07, 6.45) is 0.922. The van der Waals surface area contributed by atoms with Gasteiger partial charge in [-0.1, -0.05) is 35.9 Å². The molecule has 2 aromatic carbocycles. The van der Waals surface area contributed by atoms with Crippen molar-refractivity contribution in [2.45, 2.75) is 26.3 Å². The first-order valence-corrected chi connectivity index (χ1v) is 7.86. The highest BCUT2D eigenvalue weighted by Gasteiger charge is 2.27. The molecule has 0 radical (unpaired) electrons. The van der Waals surface area contributed by atoms with Crippen LogP contribution in [0.3, 0.4) is 0 Å². The number of fused-ring (bicyclic) bond motifs is 1. The fraction of sp³-hybridized carbons (Fsp3) is 0.278. The molecule has 0 saturated heterocycles. The number of halogens is 1. The van der Waals surface area contributed by atoms with Crippen molar-refractivity contribution in [3.05, 3.63) is 58.6 Å². The predicted molar refractivity (Wildman–Crippen MR) is 91.8 cm³/mol. The van der Waals surface area contributed by atoms with Crippen LogP contribution >= 0.6 is 11.6 Å². The Balaban J connectivity index is 1.74. The van der Waals surface area contributed by atoms with Gasteiger partial charge in [0.05, 0.1) is 0 Å². The molecule has 1 atom stereocenters. The first-order chi connectivity index (χ1) is 10.6. The van der Waals surface area contributed by atoms with Crippen LogP contribution < -0.4 is 10.2 Å². The summed E-state index contributed by atoms with van der Waals surface area (Å²) < 4.78 is 0. The molecule has 114 valence electrons. The first kappa shape index (κ1) is 14.9. The van der Waals surface area contributed by atoms with E-state index in [2.05, 4.69) is 11.4 Å². The van der Waals surface area contributed by atoms with E-state index in [1.807, 2.05) is 55.1 Å². The third kappa shape index (κ3) is 2.81. The second kappa shape index (κ2) is 6.01. The lowest BCUT2D eigenvalue weighted by Crippen LogP contribution is -2.40. The third-order valence-electron chi connectivity index (χ3n) is 4.08. The van der Waals surface area contributed by atoms with Crippen molar-refractivity contribution in [3.8, 4) is 0 Å². The molecule has 0 fully saturated rings. The minimum absolute atomic E-state index is 0.0849. The van der Waals surface area contributed by atoms with E-state index in [0.717, 1.165) is 29.9 Å². The second-order valence-electron chi connectivity index (χ2n) is 5.70. The number of benzene rings is 2. The van der Waals surface area contributed by atoms with E-state index in [9.17, 15) is 4.79 Å². The van der Waals surface area contributed by atoms with Crippen molar-refractivity contribution >= 4 is 28.9 Å². The zero-order chi connectivity index (χ0) is 15.7. The number of carbonyl (C=O) groups excluding carboxylic acids is 1. The van der Waals surface area contributed by atoms with E-state index in [0.29, 0.717) is 5.02 Å². The van der Waals surface area contributed by atoms with Gasteiger partial charge in [0.1, 0.15) is 6.04 Å². The van der Waals surface area contributed by atoms with Crippen LogP contribution in [-0.4, -0.2) is 18.5 Å². The van der Waals surface area contributed by atoms with Crippen molar-refractivity contribution in [1.29, 1.82) is 0 Å². The van der Waals surface area contributed by atoms with Gasteiger partial charge in [0.25, 0.3) is 0 Å². The molecular formula is C18H19ClN2O. The van der Waals surface area contributed by atoms with Gasteiger partial charge in [-0.2, -0.15) is 0 Å². The first-order valence-electron chi connectivity index (χ1n) is 7.48. The molecule has 22 heavy (non-hydrogen) atoms. The van der Waals surface area contributed by atoms with Crippen molar-refractivity contribution < 1.29 is 4.79 Å². The molecule has 1 aliphatic rings. The highest BCUT2D eigenvalue weighted by molar-refractivity contribution is 6.31. The standard InChI is InChI=1S/C18H19ClN2O/c1-12-7-8-15(11-16(12)19)20-13(2)18(22)21-10-9-14-5-3-4-6-17(14)21/h3-8,11,13,20H,9-10H2,1-2H3/t13-/m1/s1. The number of para-hydroxylation sites is 1. The van der Waals surface area contributed by atoms with Crippen LogP contribution in [0, 0.1) is 6.92 Å².